The zero-order valence-electron chi connectivity index (χ0n) is 47.3. The SMILES string of the molecule is CC(C)(C)[S@](=O)NC(CCC1CC1)(c1cccnc1)c1ccc(F)c(NC(=O)[C@H]2C[C@@H](O)CN2C(=O)Nc2ccc(Cl)cc2)c1.Cl.NC(CCC1CC1)(c1cccnc1)c1ccc(F)c(NC(=O)[C@H]2C[C@@H](O)CN2C(=O)Nc2ccc(Cl)cc2)c1. The first-order valence-corrected chi connectivity index (χ1v) is 30.0. The number of amides is 6. The number of carbonyl (C=O) groups is 4. The van der Waals surface area contributed by atoms with Crippen LogP contribution in [0.3, 0.4) is 0 Å². The highest BCUT2D eigenvalue weighted by atomic mass is 35.5. The molecule has 0 spiro atoms. The Bertz CT molecular complexity index is 3330. The number of hydrogen-bond acceptors (Lipinski definition) is 10. The maximum absolute atomic E-state index is 15.4. The van der Waals surface area contributed by atoms with Gasteiger partial charge in [-0.2, -0.15) is 0 Å². The quantitative estimate of drug-likeness (QED) is 0.0405. The lowest BCUT2D eigenvalue weighted by Crippen LogP contribution is -2.49. The number of β-amino-alcohol motifs (C(OH)–C–C–N with tert-alkyl or cyclic N) is 2. The number of urea groups is 2. The van der Waals surface area contributed by atoms with E-state index in [4.69, 9.17) is 28.9 Å². The fraction of sp³-hybridized carbons (Fsp3) is 0.387. The maximum Gasteiger partial charge on any atom is 0.322 e. The Hall–Kier alpha value is -6.62. The number of likely N-dealkylation sites (tertiary alicyclic amines) is 2. The van der Waals surface area contributed by atoms with Crippen molar-refractivity contribution in [3.8, 4) is 0 Å². The minimum absolute atomic E-state index is 0. The number of aliphatic hydroxyl groups is 2. The smallest absolute Gasteiger partial charge is 0.322 e. The number of aromatic nitrogens is 2. The first-order chi connectivity index (χ1) is 40.1. The third kappa shape index (κ3) is 16.3. The molecule has 0 radical (unpaired) electrons. The summed E-state index contributed by atoms with van der Waals surface area (Å²) in [4.78, 5) is 64.0. The fourth-order valence-corrected chi connectivity index (χ4v) is 11.8. The van der Waals surface area contributed by atoms with Crippen LogP contribution in [0.4, 0.5) is 41.1 Å². The zero-order valence-corrected chi connectivity index (χ0v) is 50.4. The van der Waals surface area contributed by atoms with Gasteiger partial charge in [0, 0.05) is 72.1 Å². The summed E-state index contributed by atoms with van der Waals surface area (Å²) >= 11 is 11.8. The molecule has 6 amide bonds. The molecule has 4 aliphatic rings. The van der Waals surface area contributed by atoms with Crippen LogP contribution in [0.25, 0.3) is 0 Å². The second-order valence-electron chi connectivity index (χ2n) is 23.2. The van der Waals surface area contributed by atoms with E-state index in [0.29, 0.717) is 57.2 Å². The number of carbonyl (C=O) groups excluding carboxylic acids is 4. The molecule has 0 bridgehead atoms. The number of rotatable bonds is 18. The lowest BCUT2D eigenvalue weighted by molar-refractivity contribution is -0.120. The Morgan fingerprint density at radius 3 is 1.49 bits per heavy atom. The van der Waals surface area contributed by atoms with Crippen molar-refractivity contribution < 1.29 is 42.4 Å². The fourth-order valence-electron chi connectivity index (χ4n) is 10.5. The molecule has 2 aliphatic heterocycles. The third-order valence-electron chi connectivity index (χ3n) is 15.8. The van der Waals surface area contributed by atoms with E-state index in [2.05, 4.69) is 36.0 Å². The van der Waals surface area contributed by atoms with Gasteiger partial charge in [0.25, 0.3) is 0 Å². The summed E-state index contributed by atoms with van der Waals surface area (Å²) in [6.07, 6.45) is 12.6. The Morgan fingerprint density at radius 2 is 1.06 bits per heavy atom. The Labute approximate surface area is 512 Å². The van der Waals surface area contributed by atoms with Crippen molar-refractivity contribution in [3.05, 3.63) is 178 Å². The molecule has 452 valence electrons. The molecule has 9 N–H and O–H groups in total. The molecule has 2 saturated carbocycles. The highest BCUT2D eigenvalue weighted by Gasteiger charge is 2.44. The summed E-state index contributed by atoms with van der Waals surface area (Å²) in [7, 11) is -1.50. The van der Waals surface area contributed by atoms with Gasteiger partial charge >= 0.3 is 12.1 Å². The molecule has 2 saturated heterocycles. The summed E-state index contributed by atoms with van der Waals surface area (Å²) in [5, 5.41) is 32.4. The van der Waals surface area contributed by atoms with Crippen molar-refractivity contribution in [1.29, 1.82) is 0 Å². The molecule has 6 aromatic rings. The predicted octanol–water partition coefficient (Wildman–Crippen LogP) is 11.3. The van der Waals surface area contributed by atoms with Crippen LogP contribution in [0.5, 0.6) is 0 Å². The third-order valence-corrected chi connectivity index (χ3v) is 17.9. The second-order valence-corrected chi connectivity index (χ2v) is 26.0. The molecule has 85 heavy (non-hydrogen) atoms. The summed E-state index contributed by atoms with van der Waals surface area (Å²) in [5.74, 6) is -1.33. The first-order valence-electron chi connectivity index (χ1n) is 28.1. The lowest BCUT2D eigenvalue weighted by Gasteiger charge is -2.38. The standard InChI is InChI=1S/C33H39ClFN5O4S.C29H31ClFN5O3.ClH/c1-32(2,3)45(44)39-33(15-14-21-6-7-21,23-5-4-16-36-19-23)22-8-13-27(35)28(17-22)38-30(42)29-18-26(41)20-40(29)31(43)37-25-11-9-24(34)10-12-25;30-21-6-8-22(9-7-21)34-28(39)36-17-23(37)15-26(36)27(38)35-25-14-19(5-10-24(25)31)29(32,12-11-18-3-4-18)20-2-1-13-33-16-20;/h4-5,8-13,16-17,19,21,26,29,39,41H,6-7,14-15,18,20H2,1-3H3,(H,37,43)(H,38,42);1-2,5-10,13-14,16,18,23,26,37H,3-4,11-12,15,17,32H2,(H,34,39)(H,35,38);1H/t26-,29-,33?,45+;23-,26-,29?;/m11./s1. The number of hydrogen-bond donors (Lipinski definition) is 8. The number of nitrogens with zero attached hydrogens (tertiary/aromatic N) is 4. The number of nitrogens with two attached hydrogens (primary N) is 1. The molecule has 10 rings (SSSR count). The van der Waals surface area contributed by atoms with E-state index in [1.807, 2.05) is 45.0 Å². The average Bonchev–Trinajstić information content (AvgIpc) is 3.80. The monoisotopic (exact) mass is 1240 g/mol. The molecule has 2 unspecified atom stereocenters. The first kappa shape index (κ1) is 64.4. The Balaban J connectivity index is 0.000000221. The highest BCUT2D eigenvalue weighted by molar-refractivity contribution is 7.84. The maximum atomic E-state index is 15.4. The van der Waals surface area contributed by atoms with Crippen LogP contribution in [-0.4, -0.2) is 100 Å². The van der Waals surface area contributed by atoms with Crippen molar-refractivity contribution in [2.45, 2.75) is 125 Å². The topological polar surface area (TPSA) is 244 Å². The van der Waals surface area contributed by atoms with Crippen molar-refractivity contribution in [1.82, 2.24) is 24.5 Å². The summed E-state index contributed by atoms with van der Waals surface area (Å²) in [5.41, 5.74) is 8.75. The van der Waals surface area contributed by atoms with Gasteiger partial charge in [0.15, 0.2) is 0 Å². The van der Waals surface area contributed by atoms with Gasteiger partial charge in [-0.25, -0.2) is 27.3 Å². The van der Waals surface area contributed by atoms with E-state index in [9.17, 15) is 38.0 Å². The van der Waals surface area contributed by atoms with Gasteiger partial charge in [-0.05, 0) is 165 Å². The van der Waals surface area contributed by atoms with Crippen LogP contribution >= 0.6 is 35.6 Å². The minimum atomic E-state index is -1.50. The summed E-state index contributed by atoms with van der Waals surface area (Å²) in [6.45, 7) is 5.55. The Morgan fingerprint density at radius 1 is 0.624 bits per heavy atom. The highest BCUT2D eigenvalue weighted by Crippen LogP contribution is 2.44. The van der Waals surface area contributed by atoms with Crippen LogP contribution in [0, 0.1) is 23.5 Å². The number of halogens is 5. The van der Waals surface area contributed by atoms with Crippen molar-refractivity contribution in [3.63, 3.8) is 0 Å². The molecule has 4 aromatic carbocycles. The molecule has 4 fully saturated rings. The number of benzene rings is 4. The van der Waals surface area contributed by atoms with E-state index >= 15 is 4.39 Å². The van der Waals surface area contributed by atoms with Crippen molar-refractivity contribution >= 4 is 93.2 Å². The molecule has 7 atom stereocenters. The molecule has 23 heteroatoms. The van der Waals surface area contributed by atoms with Crippen LogP contribution < -0.4 is 31.7 Å². The lowest BCUT2D eigenvalue weighted by atomic mass is 9.80. The minimum Gasteiger partial charge on any atom is -0.391 e. The number of anilines is 4. The van der Waals surface area contributed by atoms with E-state index in [0.717, 1.165) is 36.8 Å². The van der Waals surface area contributed by atoms with Gasteiger partial charge in [-0.3, -0.25) is 19.6 Å². The van der Waals surface area contributed by atoms with Crippen molar-refractivity contribution in [2.75, 3.05) is 34.4 Å². The van der Waals surface area contributed by atoms with Gasteiger partial charge in [-0.15, -0.1) is 12.4 Å². The molecular formula is C62H71Cl3F2N10O7S. The molecular weight excluding hydrogens is 1170 g/mol. The van der Waals surface area contributed by atoms with E-state index in [1.165, 1.54) is 34.8 Å². The largest absolute Gasteiger partial charge is 0.391 e. The molecule has 17 nitrogen and oxygen atoms in total. The van der Waals surface area contributed by atoms with Crippen LogP contribution in [-0.2, 0) is 31.7 Å². The second kappa shape index (κ2) is 27.8. The zero-order chi connectivity index (χ0) is 59.9. The van der Waals surface area contributed by atoms with Crippen LogP contribution in [0.1, 0.15) is 107 Å². The predicted molar refractivity (Wildman–Crippen MR) is 330 cm³/mol. The number of nitrogens with one attached hydrogen (secondary N) is 5. The molecule has 4 heterocycles. The van der Waals surface area contributed by atoms with Gasteiger partial charge in [0.05, 0.1) is 50.4 Å². The number of pyridine rings is 2. The van der Waals surface area contributed by atoms with Gasteiger partial charge in [0.1, 0.15) is 23.7 Å². The average molecular weight is 1240 g/mol. The van der Waals surface area contributed by atoms with Gasteiger partial charge in [0.2, 0.25) is 11.8 Å². The van der Waals surface area contributed by atoms with Crippen LogP contribution in [0.15, 0.2) is 134 Å². The van der Waals surface area contributed by atoms with Gasteiger partial charge in [-0.1, -0.05) is 73.2 Å². The van der Waals surface area contributed by atoms with E-state index < -0.39 is 86.6 Å². The van der Waals surface area contributed by atoms with E-state index in [1.54, 1.807) is 97.6 Å². The Kier molecular flexibility index (Phi) is 21.1. The molecule has 2 aromatic heterocycles. The summed E-state index contributed by atoms with van der Waals surface area (Å²) < 4.78 is 46.8. The van der Waals surface area contributed by atoms with Crippen LogP contribution in [0.2, 0.25) is 10.0 Å². The van der Waals surface area contributed by atoms with E-state index in [-0.39, 0.29) is 49.7 Å². The molecule has 2 aliphatic carbocycles. The summed E-state index contributed by atoms with van der Waals surface area (Å²) in [6, 6.07) is 26.2. The number of aliphatic hydroxyl groups excluding tert-OH is 2. The normalized spacial score (nSPS) is 20.1. The van der Waals surface area contributed by atoms with Crippen molar-refractivity contribution in [2.24, 2.45) is 17.6 Å². The van der Waals surface area contributed by atoms with Gasteiger partial charge < -0.3 is 47.0 Å².